The fourth-order valence-corrected chi connectivity index (χ4v) is 2.77. The number of imidazole rings is 2. The van der Waals surface area contributed by atoms with Gasteiger partial charge in [0.05, 0.1) is 18.4 Å². The van der Waals surface area contributed by atoms with E-state index < -0.39 is 0 Å². The Morgan fingerprint density at radius 2 is 1.96 bits per heavy atom. The molecule has 24 heavy (non-hydrogen) atoms. The molecule has 0 bridgehead atoms. The molecule has 3 aromatic heterocycles. The van der Waals surface area contributed by atoms with Crippen molar-refractivity contribution >= 4 is 0 Å². The van der Waals surface area contributed by atoms with Gasteiger partial charge in [-0.15, -0.1) is 0 Å². The van der Waals surface area contributed by atoms with Gasteiger partial charge < -0.3 is 9.55 Å². The number of aromatic amines is 1. The SMILES string of the molecule is Cc1cnc(-c2nccn2Cc2cnn(-c3ccccc3C)c2)[nH]1. The molecule has 0 saturated carbocycles. The predicted octanol–water partition coefficient (Wildman–Crippen LogP) is 3.12. The van der Waals surface area contributed by atoms with E-state index in [4.69, 9.17) is 0 Å². The van der Waals surface area contributed by atoms with Crippen LogP contribution in [0.5, 0.6) is 0 Å². The predicted molar refractivity (Wildman–Crippen MR) is 91.9 cm³/mol. The van der Waals surface area contributed by atoms with E-state index in [1.54, 1.807) is 6.20 Å². The number of aromatic nitrogens is 6. The second-order valence-electron chi connectivity index (χ2n) is 5.87. The molecule has 0 unspecified atom stereocenters. The van der Waals surface area contributed by atoms with Crippen LogP contribution < -0.4 is 0 Å². The first-order chi connectivity index (χ1) is 11.7. The Labute approximate surface area is 139 Å². The lowest BCUT2D eigenvalue weighted by atomic mass is 10.2. The van der Waals surface area contributed by atoms with Gasteiger partial charge in [-0.05, 0) is 25.5 Å². The van der Waals surface area contributed by atoms with Gasteiger partial charge in [-0.2, -0.15) is 5.10 Å². The molecular formula is C18H18N6. The number of hydrogen-bond acceptors (Lipinski definition) is 3. The molecule has 6 heteroatoms. The Morgan fingerprint density at radius 3 is 2.75 bits per heavy atom. The first-order valence-corrected chi connectivity index (χ1v) is 7.83. The van der Waals surface area contributed by atoms with Gasteiger partial charge in [-0.3, -0.25) is 0 Å². The highest BCUT2D eigenvalue weighted by molar-refractivity contribution is 5.45. The number of H-pyrrole nitrogens is 1. The van der Waals surface area contributed by atoms with Crippen molar-refractivity contribution < 1.29 is 0 Å². The van der Waals surface area contributed by atoms with E-state index in [2.05, 4.69) is 49.9 Å². The molecule has 0 aliphatic heterocycles. The van der Waals surface area contributed by atoms with Crippen molar-refractivity contribution in [2.24, 2.45) is 0 Å². The molecule has 0 fully saturated rings. The van der Waals surface area contributed by atoms with Gasteiger partial charge in [-0.1, -0.05) is 18.2 Å². The van der Waals surface area contributed by atoms with Crippen LogP contribution in [0.15, 0.2) is 55.2 Å². The standard InChI is InChI=1S/C18H18N6/c1-13-5-3-4-6-16(13)24-12-15(10-21-24)11-23-8-7-19-18(23)17-20-9-14(2)22-17/h3-10,12H,11H2,1-2H3,(H,20,22). The third-order valence-electron chi connectivity index (χ3n) is 3.98. The number of benzene rings is 1. The molecule has 1 aromatic carbocycles. The second-order valence-corrected chi connectivity index (χ2v) is 5.87. The van der Waals surface area contributed by atoms with Gasteiger partial charge in [0.15, 0.2) is 11.6 Å². The van der Waals surface area contributed by atoms with Crippen LogP contribution in [0.4, 0.5) is 0 Å². The molecule has 0 spiro atoms. The lowest BCUT2D eigenvalue weighted by Gasteiger charge is -2.05. The van der Waals surface area contributed by atoms with Crippen LogP contribution in [0.2, 0.25) is 0 Å². The number of aryl methyl sites for hydroxylation is 2. The molecular weight excluding hydrogens is 300 g/mol. The van der Waals surface area contributed by atoms with Crippen LogP contribution in [0.3, 0.4) is 0 Å². The number of para-hydroxylation sites is 1. The fourth-order valence-electron chi connectivity index (χ4n) is 2.77. The summed E-state index contributed by atoms with van der Waals surface area (Å²) >= 11 is 0. The van der Waals surface area contributed by atoms with E-state index in [1.165, 1.54) is 5.56 Å². The molecule has 3 heterocycles. The van der Waals surface area contributed by atoms with Crippen molar-refractivity contribution in [3.63, 3.8) is 0 Å². The molecule has 6 nitrogen and oxygen atoms in total. The average molecular weight is 318 g/mol. The van der Waals surface area contributed by atoms with Crippen molar-refractivity contribution in [1.29, 1.82) is 0 Å². The summed E-state index contributed by atoms with van der Waals surface area (Å²) in [5.41, 5.74) is 4.42. The largest absolute Gasteiger partial charge is 0.340 e. The highest BCUT2D eigenvalue weighted by Gasteiger charge is 2.11. The third kappa shape index (κ3) is 2.62. The summed E-state index contributed by atoms with van der Waals surface area (Å²) in [5.74, 6) is 1.61. The minimum absolute atomic E-state index is 0.695. The molecule has 0 amide bonds. The van der Waals surface area contributed by atoms with Gasteiger partial charge in [-0.25, -0.2) is 14.6 Å². The molecule has 4 rings (SSSR count). The molecule has 1 N–H and O–H groups in total. The van der Waals surface area contributed by atoms with Gasteiger partial charge >= 0.3 is 0 Å². The summed E-state index contributed by atoms with van der Waals surface area (Å²) in [6.45, 7) is 4.76. The van der Waals surface area contributed by atoms with Gasteiger partial charge in [0.2, 0.25) is 0 Å². The first-order valence-electron chi connectivity index (χ1n) is 7.83. The zero-order valence-corrected chi connectivity index (χ0v) is 13.6. The lowest BCUT2D eigenvalue weighted by Crippen LogP contribution is -2.01. The summed E-state index contributed by atoms with van der Waals surface area (Å²) in [7, 11) is 0. The van der Waals surface area contributed by atoms with Crippen LogP contribution in [0, 0.1) is 13.8 Å². The lowest BCUT2D eigenvalue weighted by molar-refractivity contribution is 0.799. The summed E-state index contributed by atoms with van der Waals surface area (Å²) in [6.07, 6.45) is 9.50. The minimum atomic E-state index is 0.695. The molecule has 0 aliphatic rings. The normalized spacial score (nSPS) is 11.1. The number of rotatable bonds is 4. The smallest absolute Gasteiger partial charge is 0.176 e. The maximum atomic E-state index is 4.49. The van der Waals surface area contributed by atoms with Crippen molar-refractivity contribution in [1.82, 2.24) is 29.3 Å². The summed E-state index contributed by atoms with van der Waals surface area (Å²) in [6, 6.07) is 8.22. The molecule has 0 saturated heterocycles. The Morgan fingerprint density at radius 1 is 1.08 bits per heavy atom. The maximum Gasteiger partial charge on any atom is 0.176 e. The average Bonchev–Trinajstić information content (AvgIpc) is 3.29. The zero-order chi connectivity index (χ0) is 16.5. The van der Waals surface area contributed by atoms with E-state index in [9.17, 15) is 0 Å². The van der Waals surface area contributed by atoms with Crippen molar-refractivity contribution in [3.8, 4) is 17.3 Å². The Hall–Kier alpha value is -3.15. The minimum Gasteiger partial charge on any atom is -0.340 e. The molecule has 4 aromatic rings. The molecule has 120 valence electrons. The number of hydrogen-bond donors (Lipinski definition) is 1. The van der Waals surface area contributed by atoms with Gasteiger partial charge in [0, 0.05) is 36.0 Å². The van der Waals surface area contributed by atoms with Crippen molar-refractivity contribution in [2.45, 2.75) is 20.4 Å². The van der Waals surface area contributed by atoms with Gasteiger partial charge in [0.25, 0.3) is 0 Å². The quantitative estimate of drug-likeness (QED) is 0.629. The summed E-state index contributed by atoms with van der Waals surface area (Å²) in [4.78, 5) is 12.0. The highest BCUT2D eigenvalue weighted by Crippen LogP contribution is 2.17. The zero-order valence-electron chi connectivity index (χ0n) is 13.6. The summed E-state index contributed by atoms with van der Waals surface area (Å²) in [5, 5.41) is 4.49. The molecule has 0 aliphatic carbocycles. The van der Waals surface area contributed by atoms with E-state index in [0.717, 1.165) is 28.6 Å². The molecule has 0 radical (unpaired) electrons. The van der Waals surface area contributed by atoms with Gasteiger partial charge in [0.1, 0.15) is 0 Å². The topological polar surface area (TPSA) is 64.3 Å². The van der Waals surface area contributed by atoms with Crippen LogP contribution in [-0.4, -0.2) is 29.3 Å². The Balaban J connectivity index is 1.62. The third-order valence-corrected chi connectivity index (χ3v) is 3.98. The Kier molecular flexibility index (Phi) is 3.49. The molecule has 0 atom stereocenters. The van der Waals surface area contributed by atoms with E-state index in [-0.39, 0.29) is 0 Å². The second kappa shape index (κ2) is 5.81. The first kappa shape index (κ1) is 14.4. The monoisotopic (exact) mass is 318 g/mol. The summed E-state index contributed by atoms with van der Waals surface area (Å²) < 4.78 is 3.98. The number of nitrogens with one attached hydrogen (secondary N) is 1. The maximum absolute atomic E-state index is 4.49. The van der Waals surface area contributed by atoms with Crippen molar-refractivity contribution in [2.75, 3.05) is 0 Å². The van der Waals surface area contributed by atoms with E-state index in [0.29, 0.717) is 6.54 Å². The number of nitrogens with zero attached hydrogens (tertiary/aromatic N) is 5. The van der Waals surface area contributed by atoms with Crippen LogP contribution in [0.25, 0.3) is 17.3 Å². The van der Waals surface area contributed by atoms with E-state index >= 15 is 0 Å². The van der Waals surface area contributed by atoms with Crippen LogP contribution in [-0.2, 0) is 6.54 Å². The highest BCUT2D eigenvalue weighted by atomic mass is 15.3. The van der Waals surface area contributed by atoms with Crippen LogP contribution >= 0.6 is 0 Å². The Bertz CT molecular complexity index is 975. The van der Waals surface area contributed by atoms with Crippen molar-refractivity contribution in [3.05, 3.63) is 72.1 Å². The fraction of sp³-hybridized carbons (Fsp3) is 0.167. The van der Waals surface area contributed by atoms with E-state index in [1.807, 2.05) is 42.3 Å². The van der Waals surface area contributed by atoms with Crippen LogP contribution in [0.1, 0.15) is 16.8 Å².